The lowest BCUT2D eigenvalue weighted by atomic mass is 9.89. The normalized spacial score (nSPS) is 19.1. The highest BCUT2D eigenvalue weighted by atomic mass is 35.5. The molecule has 0 N–H and O–H groups in total. The molecule has 128 valence electrons. The predicted molar refractivity (Wildman–Crippen MR) is 102 cm³/mol. The van der Waals surface area contributed by atoms with Crippen molar-refractivity contribution in [3.05, 3.63) is 46.3 Å². The summed E-state index contributed by atoms with van der Waals surface area (Å²) in [5.41, 5.74) is 0.689. The molecule has 2 heterocycles. The number of hydrogen-bond acceptors (Lipinski definition) is 4. The molecule has 0 unspecified atom stereocenters. The minimum absolute atomic E-state index is 0.453. The van der Waals surface area contributed by atoms with E-state index in [2.05, 4.69) is 35.9 Å². The Morgan fingerprint density at radius 3 is 2.42 bits per heavy atom. The number of thiophene rings is 1. The number of benzene rings is 1. The molecule has 0 aliphatic carbocycles. The highest BCUT2D eigenvalue weighted by molar-refractivity contribution is 7.15. The monoisotopic (exact) mass is 362 g/mol. The lowest BCUT2D eigenvalue weighted by Gasteiger charge is -2.36. The average molecular weight is 363 g/mol. The Labute approximate surface area is 152 Å². The molecular formula is C19H23ClN2OS. The summed E-state index contributed by atoms with van der Waals surface area (Å²) < 4.78 is 0. The van der Waals surface area contributed by atoms with Crippen LogP contribution in [0, 0.1) is 0 Å². The number of aldehydes is 1. The zero-order valence-corrected chi connectivity index (χ0v) is 15.7. The van der Waals surface area contributed by atoms with Crippen LogP contribution < -0.4 is 0 Å². The minimum Gasteiger partial charge on any atom is -0.304 e. The molecule has 2 aromatic rings. The number of hydrogen-bond donors (Lipinski definition) is 0. The van der Waals surface area contributed by atoms with Crippen LogP contribution in [0.2, 0.25) is 5.02 Å². The van der Waals surface area contributed by atoms with E-state index >= 15 is 0 Å². The van der Waals surface area contributed by atoms with Crippen molar-refractivity contribution in [2.75, 3.05) is 39.8 Å². The second kappa shape index (κ2) is 7.36. The zero-order valence-electron chi connectivity index (χ0n) is 14.2. The molecule has 1 aliphatic rings. The van der Waals surface area contributed by atoms with Crippen LogP contribution in [0.5, 0.6) is 0 Å². The van der Waals surface area contributed by atoms with Gasteiger partial charge in [0.25, 0.3) is 0 Å². The van der Waals surface area contributed by atoms with Gasteiger partial charge < -0.3 is 9.69 Å². The van der Waals surface area contributed by atoms with Crippen molar-refractivity contribution < 1.29 is 4.79 Å². The van der Waals surface area contributed by atoms with Crippen LogP contribution in [0.25, 0.3) is 10.4 Å². The zero-order chi connectivity index (χ0) is 17.2. The Morgan fingerprint density at radius 2 is 1.79 bits per heavy atom. The Bertz CT molecular complexity index is 692. The van der Waals surface area contributed by atoms with Gasteiger partial charge in [0.1, 0.15) is 6.29 Å². The van der Waals surface area contributed by atoms with Gasteiger partial charge in [-0.25, -0.2) is 0 Å². The summed E-state index contributed by atoms with van der Waals surface area (Å²) >= 11 is 7.67. The molecule has 3 rings (SSSR count). The molecule has 0 bridgehead atoms. The molecule has 1 saturated heterocycles. The first-order valence-corrected chi connectivity index (χ1v) is 9.43. The maximum atomic E-state index is 11.9. The van der Waals surface area contributed by atoms with Crippen LogP contribution in [0.4, 0.5) is 0 Å². The standard InChI is InChI=1S/C19H23ClN2OS/c1-19(14-23,13-22-11-9-21(2)10-12-22)18-8-7-17(24-18)15-3-5-16(20)6-4-15/h3-8,14H,9-13H2,1-2H3/t19-/m0/s1. The summed E-state index contributed by atoms with van der Waals surface area (Å²) in [4.78, 5) is 18.9. The molecule has 0 spiro atoms. The number of halogens is 1. The van der Waals surface area contributed by atoms with Crippen molar-refractivity contribution in [1.29, 1.82) is 0 Å². The van der Waals surface area contributed by atoms with E-state index in [-0.39, 0.29) is 0 Å². The van der Waals surface area contributed by atoms with Crippen molar-refractivity contribution in [1.82, 2.24) is 9.80 Å². The number of rotatable bonds is 5. The Hall–Kier alpha value is -1.20. The van der Waals surface area contributed by atoms with Crippen molar-refractivity contribution >= 4 is 29.2 Å². The van der Waals surface area contributed by atoms with Crippen molar-refractivity contribution in [2.24, 2.45) is 0 Å². The quantitative estimate of drug-likeness (QED) is 0.756. The fourth-order valence-electron chi connectivity index (χ4n) is 3.06. The first-order valence-electron chi connectivity index (χ1n) is 8.24. The third-order valence-electron chi connectivity index (χ3n) is 4.71. The largest absolute Gasteiger partial charge is 0.304 e. The van der Waals surface area contributed by atoms with Gasteiger partial charge in [-0.1, -0.05) is 23.7 Å². The van der Waals surface area contributed by atoms with Gasteiger partial charge in [-0.2, -0.15) is 0 Å². The molecule has 1 fully saturated rings. The predicted octanol–water partition coefficient (Wildman–Crippen LogP) is 3.77. The highest BCUT2D eigenvalue weighted by Crippen LogP contribution is 2.35. The number of piperazine rings is 1. The van der Waals surface area contributed by atoms with Gasteiger partial charge in [-0.15, -0.1) is 11.3 Å². The first-order chi connectivity index (χ1) is 11.5. The van der Waals surface area contributed by atoms with E-state index in [0.29, 0.717) is 0 Å². The van der Waals surface area contributed by atoms with Gasteiger partial charge in [0.2, 0.25) is 0 Å². The van der Waals surface area contributed by atoms with E-state index in [1.165, 1.54) is 4.88 Å². The maximum absolute atomic E-state index is 11.9. The molecule has 0 amide bonds. The maximum Gasteiger partial charge on any atom is 0.132 e. The molecule has 1 aliphatic heterocycles. The van der Waals surface area contributed by atoms with Crippen LogP contribution in [-0.2, 0) is 10.2 Å². The number of likely N-dealkylation sites (N-methyl/N-ethyl adjacent to an activating group) is 1. The van der Waals surface area contributed by atoms with Crippen LogP contribution in [-0.4, -0.2) is 55.9 Å². The molecule has 1 atom stereocenters. The molecule has 3 nitrogen and oxygen atoms in total. The van der Waals surface area contributed by atoms with Gasteiger partial charge >= 0.3 is 0 Å². The minimum atomic E-state index is -0.453. The molecule has 24 heavy (non-hydrogen) atoms. The van der Waals surface area contributed by atoms with Gasteiger partial charge in [-0.3, -0.25) is 4.90 Å². The molecule has 0 radical (unpaired) electrons. The molecule has 1 aromatic carbocycles. The van der Waals surface area contributed by atoms with Crippen LogP contribution in [0.15, 0.2) is 36.4 Å². The molecule has 0 saturated carbocycles. The number of carbonyl (C=O) groups excluding carboxylic acids is 1. The Morgan fingerprint density at radius 1 is 1.12 bits per heavy atom. The van der Waals surface area contributed by atoms with Crippen LogP contribution >= 0.6 is 22.9 Å². The van der Waals surface area contributed by atoms with Crippen molar-refractivity contribution in [3.63, 3.8) is 0 Å². The Balaban J connectivity index is 1.77. The summed E-state index contributed by atoms with van der Waals surface area (Å²) in [6.45, 7) is 7.01. The van der Waals surface area contributed by atoms with E-state index in [9.17, 15) is 4.79 Å². The Kier molecular flexibility index (Phi) is 5.40. The third-order valence-corrected chi connectivity index (χ3v) is 6.37. The van der Waals surface area contributed by atoms with Gasteiger partial charge in [0.15, 0.2) is 0 Å². The summed E-state index contributed by atoms with van der Waals surface area (Å²) in [6, 6.07) is 12.1. The third kappa shape index (κ3) is 3.89. The first kappa shape index (κ1) is 17.6. The molecular weight excluding hydrogens is 340 g/mol. The summed E-state index contributed by atoms with van der Waals surface area (Å²) in [7, 11) is 2.15. The molecule has 1 aromatic heterocycles. The van der Waals surface area contributed by atoms with E-state index in [1.54, 1.807) is 11.3 Å². The van der Waals surface area contributed by atoms with Gasteiger partial charge in [0.05, 0.1) is 5.41 Å². The van der Waals surface area contributed by atoms with Crippen LogP contribution in [0.1, 0.15) is 11.8 Å². The smallest absolute Gasteiger partial charge is 0.132 e. The van der Waals surface area contributed by atoms with E-state index in [1.807, 2.05) is 24.3 Å². The number of nitrogens with zero attached hydrogens (tertiary/aromatic N) is 2. The summed E-state index contributed by atoms with van der Waals surface area (Å²) in [5.74, 6) is 0. The topological polar surface area (TPSA) is 23.6 Å². The van der Waals surface area contributed by atoms with Crippen molar-refractivity contribution in [2.45, 2.75) is 12.3 Å². The fourth-order valence-corrected chi connectivity index (χ4v) is 4.29. The van der Waals surface area contributed by atoms with Crippen molar-refractivity contribution in [3.8, 4) is 10.4 Å². The summed E-state index contributed by atoms with van der Waals surface area (Å²) in [6.07, 6.45) is 1.11. The van der Waals surface area contributed by atoms with Crippen LogP contribution in [0.3, 0.4) is 0 Å². The lowest BCUT2D eigenvalue weighted by Crippen LogP contribution is -2.49. The average Bonchev–Trinajstić information content (AvgIpc) is 3.08. The fraction of sp³-hybridized carbons (Fsp3) is 0.421. The molecule has 5 heteroatoms. The SMILES string of the molecule is CN1CCN(C[C@@](C)(C=O)c2ccc(-c3ccc(Cl)cc3)s2)CC1. The number of carbonyl (C=O) groups is 1. The second-order valence-corrected chi connectivity index (χ2v) is 8.31. The van der Waals surface area contributed by atoms with E-state index in [4.69, 9.17) is 11.6 Å². The highest BCUT2D eigenvalue weighted by Gasteiger charge is 2.31. The second-order valence-electron chi connectivity index (χ2n) is 6.79. The van der Waals surface area contributed by atoms with Gasteiger partial charge in [0, 0.05) is 47.5 Å². The lowest BCUT2D eigenvalue weighted by molar-refractivity contribution is -0.112. The van der Waals surface area contributed by atoms with E-state index in [0.717, 1.165) is 54.5 Å². The van der Waals surface area contributed by atoms with Gasteiger partial charge in [-0.05, 0) is 43.8 Å². The summed E-state index contributed by atoms with van der Waals surface area (Å²) in [5, 5.41) is 0.739. The van der Waals surface area contributed by atoms with E-state index < -0.39 is 5.41 Å².